The van der Waals surface area contributed by atoms with Crippen LogP contribution >= 0.6 is 0 Å². The average Bonchev–Trinajstić information content (AvgIpc) is 3.75. The van der Waals surface area contributed by atoms with Crippen LogP contribution in [0.25, 0.3) is 22.5 Å². The van der Waals surface area contributed by atoms with E-state index in [0.29, 0.717) is 18.1 Å². The molecule has 19 nitrogen and oxygen atoms in total. The van der Waals surface area contributed by atoms with Gasteiger partial charge in [-0.25, -0.2) is 4.98 Å². The Balaban J connectivity index is 1.43. The highest BCUT2D eigenvalue weighted by atomic mass is 17.0. The molecule has 0 saturated heterocycles. The Kier molecular flexibility index (Phi) is 13.1. The molecule has 1 atom stereocenters. The number of aliphatic hydroxyl groups is 1. The van der Waals surface area contributed by atoms with E-state index in [1.165, 1.54) is 13.8 Å². The van der Waals surface area contributed by atoms with Gasteiger partial charge in [0.05, 0.1) is 6.61 Å². The lowest BCUT2D eigenvalue weighted by molar-refractivity contribution is -0.790. The molecular formula is C32H39N9O10. The number of carbonyl (C=O) groups is 2. The van der Waals surface area contributed by atoms with Gasteiger partial charge in [-0.3, -0.25) is 9.59 Å². The summed E-state index contributed by atoms with van der Waals surface area (Å²) in [5, 5.41) is 46.8. The maximum absolute atomic E-state index is 13.6. The van der Waals surface area contributed by atoms with Gasteiger partial charge in [0.25, 0.3) is 16.1 Å². The van der Waals surface area contributed by atoms with Crippen LogP contribution in [-0.2, 0) is 37.8 Å². The minimum absolute atomic E-state index is 0.0448. The summed E-state index contributed by atoms with van der Waals surface area (Å²) in [6.07, 6.45) is 0.685. The van der Waals surface area contributed by atoms with Crippen LogP contribution in [-0.4, -0.2) is 83.2 Å². The van der Waals surface area contributed by atoms with Crippen molar-refractivity contribution in [3.05, 3.63) is 91.5 Å². The topological polar surface area (TPSA) is 253 Å². The van der Waals surface area contributed by atoms with E-state index in [9.17, 15) is 34.9 Å². The average molecular weight is 710 g/mol. The lowest BCUT2D eigenvalue weighted by atomic mass is 9.98. The number of H-pyrrole nitrogens is 1. The Labute approximate surface area is 291 Å². The van der Waals surface area contributed by atoms with Crippen molar-refractivity contribution < 1.29 is 39.3 Å². The van der Waals surface area contributed by atoms with Gasteiger partial charge in [-0.05, 0) is 61.4 Å². The summed E-state index contributed by atoms with van der Waals surface area (Å²) in [4.78, 5) is 60.3. The molecule has 0 fully saturated rings. The Morgan fingerprint density at radius 2 is 1.78 bits per heavy atom. The van der Waals surface area contributed by atoms with Crippen molar-refractivity contribution in [2.45, 2.75) is 71.1 Å². The number of hydrogen-bond donors (Lipinski definition) is 3. The van der Waals surface area contributed by atoms with Gasteiger partial charge in [0.15, 0.2) is 0 Å². The summed E-state index contributed by atoms with van der Waals surface area (Å²) in [5.74, 6) is -0.307. The van der Waals surface area contributed by atoms with E-state index >= 15 is 0 Å². The van der Waals surface area contributed by atoms with Gasteiger partial charge >= 0.3 is 5.97 Å². The van der Waals surface area contributed by atoms with Crippen molar-refractivity contribution >= 4 is 11.9 Å². The first-order valence-corrected chi connectivity index (χ1v) is 16.1. The Morgan fingerprint density at radius 3 is 2.41 bits per heavy atom. The number of aromatic nitrogens is 6. The van der Waals surface area contributed by atoms with Crippen molar-refractivity contribution in [3.63, 3.8) is 0 Å². The molecule has 0 saturated carbocycles. The quantitative estimate of drug-likeness (QED) is 0.0516. The third-order valence-electron chi connectivity index (χ3n) is 7.61. The van der Waals surface area contributed by atoms with Gasteiger partial charge in [-0.1, -0.05) is 55.5 Å². The maximum Gasteiger partial charge on any atom is 0.325 e. The van der Waals surface area contributed by atoms with E-state index in [2.05, 4.69) is 40.6 Å². The minimum Gasteiger partial charge on any atom is -0.464 e. The molecule has 0 aliphatic rings. The zero-order chi connectivity index (χ0) is 37.0. The molecule has 1 unspecified atom stereocenters. The molecule has 2 heterocycles. The first kappa shape index (κ1) is 37.8. The Morgan fingerprint density at radius 1 is 1.06 bits per heavy atom. The number of nitrogens with zero attached hydrogens (tertiary/aromatic N) is 7. The number of hydrogen-bond acceptors (Lipinski definition) is 14. The summed E-state index contributed by atoms with van der Waals surface area (Å²) in [6.45, 7) is 4.13. The maximum atomic E-state index is 13.6. The number of aryl methyl sites for hydroxylation is 1. The first-order chi connectivity index (χ1) is 24.4. The molecule has 19 heteroatoms. The monoisotopic (exact) mass is 709 g/mol. The molecule has 0 radical (unpaired) electrons. The first-order valence-electron chi connectivity index (χ1n) is 16.1. The molecule has 4 rings (SSSR count). The van der Waals surface area contributed by atoms with Gasteiger partial charge in [-0.15, -0.1) is 30.4 Å². The number of carbonyl (C=O) groups excluding carboxylic acids is 2. The molecule has 272 valence electrons. The predicted molar refractivity (Wildman–Crippen MR) is 178 cm³/mol. The summed E-state index contributed by atoms with van der Waals surface area (Å²) in [7, 11) is 0. The lowest BCUT2D eigenvalue weighted by Crippen LogP contribution is -2.34. The Hall–Kier alpha value is -5.98. The smallest absolute Gasteiger partial charge is 0.325 e. The normalized spacial score (nSPS) is 11.8. The highest BCUT2D eigenvalue weighted by Crippen LogP contribution is 2.31. The number of esters is 1. The van der Waals surface area contributed by atoms with E-state index in [-0.39, 0.29) is 43.8 Å². The third kappa shape index (κ3) is 10.8. The fourth-order valence-corrected chi connectivity index (χ4v) is 5.30. The van der Waals surface area contributed by atoms with Crippen molar-refractivity contribution in [2.75, 3.05) is 19.8 Å². The standard InChI is InChI=1S/C32H39N9O10/c1-4-9-26-34-29(32(2,3)44)28(31(43)33-18-27(42)49-17-8-7-10-23(51-41(47)48)20-50-40(45)46)39(26)19-21-13-15-22(16-14-21)24-11-5-6-12-25(24)30-35-37-38-36-30/h5-6,11-16,23,44H,4,7-10,17-20H2,1-3H3,(H,33,43)(H,35,36,37,38). The molecule has 4 aromatic rings. The highest BCUT2D eigenvalue weighted by Gasteiger charge is 2.32. The number of unbranched alkanes of at least 4 members (excludes halogenated alkanes) is 1. The number of amides is 1. The summed E-state index contributed by atoms with van der Waals surface area (Å²) in [5.41, 5.74) is 2.28. The second kappa shape index (κ2) is 17.6. The second-order valence-corrected chi connectivity index (χ2v) is 12.0. The molecule has 2 aromatic heterocycles. The number of tetrazole rings is 1. The van der Waals surface area contributed by atoms with E-state index in [1.807, 2.05) is 55.5 Å². The van der Waals surface area contributed by atoms with Gasteiger partial charge in [0.2, 0.25) is 5.82 Å². The van der Waals surface area contributed by atoms with Crippen LogP contribution in [0.15, 0.2) is 48.5 Å². The van der Waals surface area contributed by atoms with Gasteiger partial charge in [0.1, 0.15) is 42.1 Å². The van der Waals surface area contributed by atoms with E-state index in [0.717, 1.165) is 28.7 Å². The molecule has 51 heavy (non-hydrogen) atoms. The summed E-state index contributed by atoms with van der Waals surface area (Å²) >= 11 is 0. The van der Waals surface area contributed by atoms with Crippen LogP contribution in [0, 0.1) is 20.2 Å². The molecule has 0 bridgehead atoms. The zero-order valence-corrected chi connectivity index (χ0v) is 28.3. The van der Waals surface area contributed by atoms with E-state index in [1.54, 1.807) is 4.57 Å². The van der Waals surface area contributed by atoms with Gasteiger partial charge in [0, 0.05) is 18.5 Å². The molecule has 0 aliphatic carbocycles. The molecular weight excluding hydrogens is 670 g/mol. The van der Waals surface area contributed by atoms with Crippen LogP contribution in [0.2, 0.25) is 0 Å². The fourth-order valence-electron chi connectivity index (χ4n) is 5.30. The lowest BCUT2D eigenvalue weighted by Gasteiger charge is -2.18. The number of benzene rings is 2. The predicted octanol–water partition coefficient (Wildman–Crippen LogP) is 3.19. The Bertz CT molecular complexity index is 1790. The van der Waals surface area contributed by atoms with Crippen LogP contribution in [0.4, 0.5) is 0 Å². The van der Waals surface area contributed by atoms with Crippen molar-refractivity contribution in [1.29, 1.82) is 0 Å². The second-order valence-electron chi connectivity index (χ2n) is 12.0. The summed E-state index contributed by atoms with van der Waals surface area (Å²) in [6, 6.07) is 15.4. The minimum atomic E-state index is -1.48. The van der Waals surface area contributed by atoms with Crippen molar-refractivity contribution in [3.8, 4) is 22.5 Å². The van der Waals surface area contributed by atoms with Crippen LogP contribution in [0.1, 0.15) is 74.0 Å². The van der Waals surface area contributed by atoms with Crippen molar-refractivity contribution in [2.24, 2.45) is 0 Å². The number of nitrogens with one attached hydrogen (secondary N) is 2. The largest absolute Gasteiger partial charge is 0.464 e. The molecule has 3 N–H and O–H groups in total. The van der Waals surface area contributed by atoms with Crippen molar-refractivity contribution in [1.82, 2.24) is 35.5 Å². The van der Waals surface area contributed by atoms with E-state index < -0.39 is 46.9 Å². The summed E-state index contributed by atoms with van der Waals surface area (Å²) < 4.78 is 6.93. The van der Waals surface area contributed by atoms with Gasteiger partial charge in [-0.2, -0.15) is 5.21 Å². The zero-order valence-electron chi connectivity index (χ0n) is 28.3. The van der Waals surface area contributed by atoms with Gasteiger partial charge < -0.3 is 29.4 Å². The molecule has 1 amide bonds. The van der Waals surface area contributed by atoms with Crippen LogP contribution in [0.3, 0.4) is 0 Å². The van der Waals surface area contributed by atoms with Crippen LogP contribution in [0.5, 0.6) is 0 Å². The fraction of sp³-hybridized carbons (Fsp3) is 0.438. The third-order valence-corrected chi connectivity index (χ3v) is 7.61. The molecule has 0 aliphatic heterocycles. The number of imidazole rings is 1. The van der Waals surface area contributed by atoms with Crippen LogP contribution < -0.4 is 5.32 Å². The number of ether oxygens (including phenoxy) is 1. The molecule has 2 aromatic carbocycles. The molecule has 0 spiro atoms. The SMILES string of the molecule is CCCc1nc(C(C)(C)O)c(C(=O)NCC(=O)OCCCCC(CO[N+](=O)[O-])O[N+](=O)[O-])n1Cc1ccc(-c2ccccc2-c2nn[nH]n2)cc1. The number of rotatable bonds is 20. The van der Waals surface area contributed by atoms with E-state index in [4.69, 9.17) is 4.74 Å². The number of aromatic amines is 1. The highest BCUT2D eigenvalue weighted by molar-refractivity contribution is 5.96.